The van der Waals surface area contributed by atoms with Crippen LogP contribution in [0.2, 0.25) is 0 Å². The number of primary amides is 1. The van der Waals surface area contributed by atoms with Crippen molar-refractivity contribution >= 4 is 5.91 Å². The van der Waals surface area contributed by atoms with E-state index in [1.165, 1.54) is 5.56 Å². The Morgan fingerprint density at radius 3 is 2.22 bits per heavy atom. The first kappa shape index (κ1) is 13.1. The molecule has 0 radical (unpaired) electrons. The molecule has 3 nitrogen and oxygen atoms in total. The van der Waals surface area contributed by atoms with Crippen molar-refractivity contribution in [3.63, 3.8) is 0 Å². The third kappa shape index (κ3) is 2.27. The first-order valence-corrected chi connectivity index (χ1v) is 6.54. The average molecular weight is 247 g/mol. The summed E-state index contributed by atoms with van der Waals surface area (Å²) in [5, 5.41) is 0. The molecule has 0 bridgehead atoms. The van der Waals surface area contributed by atoms with Crippen molar-refractivity contribution in [3.05, 3.63) is 35.4 Å². The number of carbonyl (C=O) groups excluding carboxylic acids is 1. The van der Waals surface area contributed by atoms with E-state index in [-0.39, 0.29) is 5.91 Å². The number of hydrogen-bond donors (Lipinski definition) is 1. The lowest BCUT2D eigenvalue weighted by molar-refractivity contribution is -0.127. The molecule has 0 aromatic heterocycles. The summed E-state index contributed by atoms with van der Waals surface area (Å²) in [4.78, 5) is 11.9. The maximum Gasteiger partial charge on any atom is 0.228 e. The quantitative estimate of drug-likeness (QED) is 0.891. The van der Waals surface area contributed by atoms with Crippen LogP contribution in [-0.2, 0) is 14.9 Å². The predicted molar refractivity (Wildman–Crippen MR) is 71.5 cm³/mol. The van der Waals surface area contributed by atoms with E-state index >= 15 is 0 Å². The van der Waals surface area contributed by atoms with E-state index in [1.54, 1.807) is 0 Å². The highest BCUT2D eigenvalue weighted by Gasteiger charge is 2.39. The fourth-order valence-electron chi connectivity index (χ4n) is 2.58. The number of ether oxygens (including phenoxy) is 1. The summed E-state index contributed by atoms with van der Waals surface area (Å²) in [5.74, 6) is 0.265. The minimum Gasteiger partial charge on any atom is -0.381 e. The Kier molecular flexibility index (Phi) is 3.71. The Labute approximate surface area is 108 Å². The second-order valence-corrected chi connectivity index (χ2v) is 5.34. The molecular formula is C15H21NO2. The summed E-state index contributed by atoms with van der Waals surface area (Å²) in [6.45, 7) is 5.53. The van der Waals surface area contributed by atoms with Gasteiger partial charge in [0.05, 0.1) is 5.41 Å². The van der Waals surface area contributed by atoms with Gasteiger partial charge in [0.15, 0.2) is 0 Å². The van der Waals surface area contributed by atoms with E-state index in [2.05, 4.69) is 26.0 Å². The Morgan fingerprint density at radius 1 is 1.22 bits per heavy atom. The van der Waals surface area contributed by atoms with E-state index in [0.717, 1.165) is 5.56 Å². The standard InChI is InChI=1S/C15H21NO2/c1-11(2)12-3-5-13(6-4-12)15(14(16)17)7-9-18-10-8-15/h3-6,11H,7-10H2,1-2H3,(H2,16,17). The minimum atomic E-state index is -0.534. The summed E-state index contributed by atoms with van der Waals surface area (Å²) < 4.78 is 5.35. The van der Waals surface area contributed by atoms with Crippen LogP contribution >= 0.6 is 0 Å². The Bertz CT molecular complexity index is 417. The van der Waals surface area contributed by atoms with Gasteiger partial charge in [0.25, 0.3) is 0 Å². The molecule has 0 aliphatic carbocycles. The fraction of sp³-hybridized carbons (Fsp3) is 0.533. The smallest absolute Gasteiger partial charge is 0.228 e. The van der Waals surface area contributed by atoms with Gasteiger partial charge in [0.2, 0.25) is 5.91 Å². The highest BCUT2D eigenvalue weighted by atomic mass is 16.5. The molecule has 0 atom stereocenters. The van der Waals surface area contributed by atoms with Gasteiger partial charge in [-0.2, -0.15) is 0 Å². The summed E-state index contributed by atoms with van der Waals surface area (Å²) in [7, 11) is 0. The van der Waals surface area contributed by atoms with Gasteiger partial charge in [-0.1, -0.05) is 38.1 Å². The average Bonchev–Trinajstić information content (AvgIpc) is 2.39. The summed E-state index contributed by atoms with van der Waals surface area (Å²) in [5.41, 5.74) is 7.42. The minimum absolute atomic E-state index is 0.233. The van der Waals surface area contributed by atoms with Crippen molar-refractivity contribution in [1.82, 2.24) is 0 Å². The van der Waals surface area contributed by atoms with Crippen LogP contribution in [0.1, 0.15) is 43.7 Å². The molecule has 98 valence electrons. The molecule has 0 spiro atoms. The second-order valence-electron chi connectivity index (χ2n) is 5.34. The molecule has 0 unspecified atom stereocenters. The van der Waals surface area contributed by atoms with Gasteiger partial charge in [-0.05, 0) is 29.9 Å². The largest absolute Gasteiger partial charge is 0.381 e. The van der Waals surface area contributed by atoms with Gasteiger partial charge in [0.1, 0.15) is 0 Å². The number of nitrogens with two attached hydrogens (primary N) is 1. The monoisotopic (exact) mass is 247 g/mol. The Hall–Kier alpha value is -1.35. The lowest BCUT2D eigenvalue weighted by atomic mass is 9.73. The third-order valence-electron chi connectivity index (χ3n) is 3.95. The van der Waals surface area contributed by atoms with Crippen LogP contribution in [-0.4, -0.2) is 19.1 Å². The van der Waals surface area contributed by atoms with Crippen LogP contribution < -0.4 is 5.73 Å². The molecule has 18 heavy (non-hydrogen) atoms. The number of benzene rings is 1. The molecule has 2 N–H and O–H groups in total. The molecule has 1 aromatic carbocycles. The van der Waals surface area contributed by atoms with Crippen molar-refractivity contribution in [2.45, 2.75) is 38.0 Å². The third-order valence-corrected chi connectivity index (χ3v) is 3.95. The maximum atomic E-state index is 11.9. The topological polar surface area (TPSA) is 52.3 Å². The lowest BCUT2D eigenvalue weighted by Gasteiger charge is -2.34. The molecule has 2 rings (SSSR count). The van der Waals surface area contributed by atoms with E-state index in [1.807, 2.05) is 12.1 Å². The zero-order valence-corrected chi connectivity index (χ0v) is 11.1. The van der Waals surface area contributed by atoms with Crippen LogP contribution in [0.25, 0.3) is 0 Å². The van der Waals surface area contributed by atoms with Gasteiger partial charge < -0.3 is 10.5 Å². The van der Waals surface area contributed by atoms with Crippen LogP contribution in [0.3, 0.4) is 0 Å². The van der Waals surface area contributed by atoms with E-state index < -0.39 is 5.41 Å². The Balaban J connectivity index is 2.34. The number of carbonyl (C=O) groups is 1. The molecule has 1 fully saturated rings. The second kappa shape index (κ2) is 5.11. The summed E-state index contributed by atoms with van der Waals surface area (Å²) in [6, 6.07) is 8.29. The maximum absolute atomic E-state index is 11.9. The van der Waals surface area contributed by atoms with E-state index in [4.69, 9.17) is 10.5 Å². The number of amides is 1. The highest BCUT2D eigenvalue weighted by molar-refractivity contribution is 5.86. The lowest BCUT2D eigenvalue weighted by Crippen LogP contribution is -2.45. The van der Waals surface area contributed by atoms with Crippen LogP contribution in [0.5, 0.6) is 0 Å². The molecule has 1 aromatic rings. The van der Waals surface area contributed by atoms with Crippen molar-refractivity contribution < 1.29 is 9.53 Å². The van der Waals surface area contributed by atoms with Crippen LogP contribution in [0.15, 0.2) is 24.3 Å². The number of hydrogen-bond acceptors (Lipinski definition) is 2. The van der Waals surface area contributed by atoms with Crippen molar-refractivity contribution in [2.24, 2.45) is 5.73 Å². The first-order valence-electron chi connectivity index (χ1n) is 6.54. The van der Waals surface area contributed by atoms with E-state index in [9.17, 15) is 4.79 Å². The van der Waals surface area contributed by atoms with Gasteiger partial charge in [-0.3, -0.25) is 4.79 Å². The molecule has 0 saturated carbocycles. The van der Waals surface area contributed by atoms with Crippen LogP contribution in [0.4, 0.5) is 0 Å². The summed E-state index contributed by atoms with van der Waals surface area (Å²) in [6.07, 6.45) is 1.37. The summed E-state index contributed by atoms with van der Waals surface area (Å²) >= 11 is 0. The zero-order chi connectivity index (χ0) is 13.2. The molecule has 1 amide bonds. The molecule has 1 saturated heterocycles. The van der Waals surface area contributed by atoms with Crippen LogP contribution in [0, 0.1) is 0 Å². The van der Waals surface area contributed by atoms with Gasteiger partial charge >= 0.3 is 0 Å². The van der Waals surface area contributed by atoms with E-state index in [0.29, 0.717) is 32.0 Å². The zero-order valence-electron chi connectivity index (χ0n) is 11.1. The molecular weight excluding hydrogens is 226 g/mol. The highest BCUT2D eigenvalue weighted by Crippen LogP contribution is 2.35. The number of rotatable bonds is 3. The van der Waals surface area contributed by atoms with Gasteiger partial charge in [-0.15, -0.1) is 0 Å². The van der Waals surface area contributed by atoms with Crippen molar-refractivity contribution in [1.29, 1.82) is 0 Å². The van der Waals surface area contributed by atoms with Gasteiger partial charge in [-0.25, -0.2) is 0 Å². The fourth-order valence-corrected chi connectivity index (χ4v) is 2.58. The predicted octanol–water partition coefficient (Wildman–Crippen LogP) is 2.34. The molecule has 3 heteroatoms. The Morgan fingerprint density at radius 2 is 1.78 bits per heavy atom. The van der Waals surface area contributed by atoms with Crippen molar-refractivity contribution in [3.8, 4) is 0 Å². The normalized spacial score (nSPS) is 18.8. The molecule has 1 heterocycles. The molecule has 1 aliphatic rings. The van der Waals surface area contributed by atoms with Gasteiger partial charge in [0, 0.05) is 13.2 Å². The SMILES string of the molecule is CC(C)c1ccc(C2(C(N)=O)CCOCC2)cc1. The molecule has 1 aliphatic heterocycles. The van der Waals surface area contributed by atoms with Crippen molar-refractivity contribution in [2.75, 3.05) is 13.2 Å². The first-order chi connectivity index (χ1) is 8.56.